The summed E-state index contributed by atoms with van der Waals surface area (Å²) in [5.41, 5.74) is 1.17. The molecule has 1 unspecified atom stereocenters. The summed E-state index contributed by atoms with van der Waals surface area (Å²) in [6, 6.07) is 0.229. The predicted molar refractivity (Wildman–Crippen MR) is 87.5 cm³/mol. The van der Waals surface area contributed by atoms with Gasteiger partial charge in [0, 0.05) is 42.5 Å². The lowest BCUT2D eigenvalue weighted by Crippen LogP contribution is -2.50. The quantitative estimate of drug-likeness (QED) is 0.791. The molecule has 0 aromatic carbocycles. The third kappa shape index (κ3) is 3.63. The molecule has 0 bridgehead atoms. The van der Waals surface area contributed by atoms with E-state index in [0.29, 0.717) is 0 Å². The Bertz CT molecular complexity index is 399. The molecule has 0 saturated carbocycles. The van der Waals surface area contributed by atoms with Gasteiger partial charge in [-0.2, -0.15) is 11.3 Å². The lowest BCUT2D eigenvalue weighted by molar-refractivity contribution is -0.128. The van der Waals surface area contributed by atoms with Crippen molar-refractivity contribution in [3.63, 3.8) is 0 Å². The minimum Gasteiger partial charge on any atom is -0.381 e. The first-order chi connectivity index (χ1) is 9.73. The number of rotatable bonds is 7. The second-order valence-corrected chi connectivity index (χ2v) is 6.77. The van der Waals surface area contributed by atoms with E-state index >= 15 is 0 Å². The van der Waals surface area contributed by atoms with E-state index in [0.717, 1.165) is 45.6 Å². The fourth-order valence-electron chi connectivity index (χ4n) is 2.89. The van der Waals surface area contributed by atoms with Crippen LogP contribution in [0.15, 0.2) is 15.2 Å². The molecule has 1 saturated heterocycles. The lowest BCUT2D eigenvalue weighted by atomic mass is 9.82. The highest BCUT2D eigenvalue weighted by atomic mass is 79.9. The standard InChI is InChI=1S/C15H24BrNO2S/c1-3-7-17-14(12-10-20-11-13(12)16)15(19-4-2)5-8-18-9-6-15/h10-11,14,17H,3-9H2,1-2H3. The monoisotopic (exact) mass is 361 g/mol. The largest absolute Gasteiger partial charge is 0.381 e. The Balaban J connectivity index is 2.29. The number of halogens is 1. The summed E-state index contributed by atoms with van der Waals surface area (Å²) in [4.78, 5) is 0. The highest BCUT2D eigenvalue weighted by Crippen LogP contribution is 2.41. The van der Waals surface area contributed by atoms with E-state index in [4.69, 9.17) is 9.47 Å². The van der Waals surface area contributed by atoms with Crippen molar-refractivity contribution in [2.75, 3.05) is 26.4 Å². The van der Waals surface area contributed by atoms with Crippen LogP contribution < -0.4 is 5.32 Å². The van der Waals surface area contributed by atoms with Crippen molar-refractivity contribution in [1.82, 2.24) is 5.32 Å². The topological polar surface area (TPSA) is 30.5 Å². The molecule has 114 valence electrons. The molecule has 0 spiro atoms. The first-order valence-electron chi connectivity index (χ1n) is 7.40. The van der Waals surface area contributed by atoms with E-state index in [9.17, 15) is 0 Å². The summed E-state index contributed by atoms with van der Waals surface area (Å²) in [7, 11) is 0. The highest BCUT2D eigenvalue weighted by molar-refractivity contribution is 9.10. The third-order valence-electron chi connectivity index (χ3n) is 3.85. The molecule has 0 radical (unpaired) electrons. The van der Waals surface area contributed by atoms with Gasteiger partial charge in [0.25, 0.3) is 0 Å². The predicted octanol–water partition coefficient (Wildman–Crippen LogP) is 4.14. The summed E-state index contributed by atoms with van der Waals surface area (Å²) in [5.74, 6) is 0. The molecule has 1 fully saturated rings. The number of thiophene rings is 1. The maximum atomic E-state index is 6.25. The van der Waals surface area contributed by atoms with Crippen molar-refractivity contribution < 1.29 is 9.47 Å². The summed E-state index contributed by atoms with van der Waals surface area (Å²) in [6.45, 7) is 7.59. The van der Waals surface area contributed by atoms with Crippen molar-refractivity contribution in [2.24, 2.45) is 0 Å². The fraction of sp³-hybridized carbons (Fsp3) is 0.733. The fourth-order valence-corrected chi connectivity index (χ4v) is 4.44. The Labute approximate surface area is 134 Å². The van der Waals surface area contributed by atoms with Crippen LogP contribution in [-0.2, 0) is 9.47 Å². The van der Waals surface area contributed by atoms with Crippen LogP contribution in [-0.4, -0.2) is 32.0 Å². The maximum Gasteiger partial charge on any atom is 0.0920 e. The average Bonchev–Trinajstić information content (AvgIpc) is 2.87. The van der Waals surface area contributed by atoms with Crippen LogP contribution >= 0.6 is 27.3 Å². The molecule has 3 nitrogen and oxygen atoms in total. The highest BCUT2D eigenvalue weighted by Gasteiger charge is 2.42. The zero-order valence-electron chi connectivity index (χ0n) is 12.3. The molecule has 1 aliphatic rings. The molecule has 1 aromatic rings. The second kappa shape index (κ2) is 7.90. The Kier molecular flexibility index (Phi) is 6.49. The van der Waals surface area contributed by atoms with Gasteiger partial charge in [0.15, 0.2) is 0 Å². The molecule has 5 heteroatoms. The van der Waals surface area contributed by atoms with Crippen LogP contribution in [0.1, 0.15) is 44.7 Å². The van der Waals surface area contributed by atoms with Gasteiger partial charge in [-0.3, -0.25) is 0 Å². The van der Waals surface area contributed by atoms with Crippen LogP contribution in [0.3, 0.4) is 0 Å². The SMILES string of the molecule is CCCNC(c1cscc1Br)C1(OCC)CCOCC1. The second-order valence-electron chi connectivity index (χ2n) is 5.17. The Morgan fingerprint density at radius 1 is 1.40 bits per heavy atom. The van der Waals surface area contributed by atoms with Gasteiger partial charge in [0.2, 0.25) is 0 Å². The Morgan fingerprint density at radius 3 is 2.70 bits per heavy atom. The normalized spacial score (nSPS) is 19.9. The van der Waals surface area contributed by atoms with Crippen LogP contribution in [0.25, 0.3) is 0 Å². The number of hydrogen-bond acceptors (Lipinski definition) is 4. The van der Waals surface area contributed by atoms with E-state index in [1.807, 2.05) is 0 Å². The van der Waals surface area contributed by atoms with E-state index in [2.05, 4.69) is 45.9 Å². The Morgan fingerprint density at radius 2 is 2.15 bits per heavy atom. The molecule has 0 amide bonds. The van der Waals surface area contributed by atoms with Gasteiger partial charge in [-0.15, -0.1) is 0 Å². The zero-order valence-corrected chi connectivity index (χ0v) is 14.7. The molecule has 0 aliphatic carbocycles. The minimum absolute atomic E-state index is 0.147. The molecule has 1 aliphatic heterocycles. The van der Waals surface area contributed by atoms with Crippen molar-refractivity contribution in [3.8, 4) is 0 Å². The van der Waals surface area contributed by atoms with Gasteiger partial charge in [-0.25, -0.2) is 0 Å². The van der Waals surface area contributed by atoms with E-state index < -0.39 is 0 Å². The van der Waals surface area contributed by atoms with Crippen molar-refractivity contribution >= 4 is 27.3 Å². The maximum absolute atomic E-state index is 6.25. The molecule has 1 N–H and O–H groups in total. The zero-order chi connectivity index (χ0) is 14.4. The smallest absolute Gasteiger partial charge is 0.0920 e. The number of nitrogens with one attached hydrogen (secondary N) is 1. The minimum atomic E-state index is -0.147. The molecular weight excluding hydrogens is 338 g/mol. The number of ether oxygens (including phenoxy) is 2. The van der Waals surface area contributed by atoms with Gasteiger partial charge in [0.05, 0.1) is 11.6 Å². The average molecular weight is 362 g/mol. The molecule has 1 aromatic heterocycles. The van der Waals surface area contributed by atoms with E-state index in [1.165, 1.54) is 10.0 Å². The summed E-state index contributed by atoms with van der Waals surface area (Å²) >= 11 is 5.42. The Hall–Kier alpha value is 0.0600. The van der Waals surface area contributed by atoms with Crippen LogP contribution in [0.5, 0.6) is 0 Å². The van der Waals surface area contributed by atoms with Crippen LogP contribution in [0, 0.1) is 0 Å². The van der Waals surface area contributed by atoms with Crippen LogP contribution in [0.2, 0.25) is 0 Å². The summed E-state index contributed by atoms with van der Waals surface area (Å²) < 4.78 is 13.0. The van der Waals surface area contributed by atoms with Crippen LogP contribution in [0.4, 0.5) is 0 Å². The molecule has 20 heavy (non-hydrogen) atoms. The first-order valence-corrected chi connectivity index (χ1v) is 9.13. The molecule has 2 rings (SSSR count). The molecular formula is C15H24BrNO2S. The van der Waals surface area contributed by atoms with Gasteiger partial charge < -0.3 is 14.8 Å². The molecule has 1 atom stereocenters. The van der Waals surface area contributed by atoms with Gasteiger partial charge in [-0.1, -0.05) is 6.92 Å². The first kappa shape index (κ1) is 16.4. The lowest BCUT2D eigenvalue weighted by Gasteiger charge is -2.43. The summed E-state index contributed by atoms with van der Waals surface area (Å²) in [5, 5.41) is 8.08. The van der Waals surface area contributed by atoms with E-state index in [-0.39, 0.29) is 11.6 Å². The van der Waals surface area contributed by atoms with Crippen molar-refractivity contribution in [2.45, 2.75) is 44.8 Å². The van der Waals surface area contributed by atoms with Crippen molar-refractivity contribution in [3.05, 3.63) is 20.8 Å². The van der Waals surface area contributed by atoms with Crippen molar-refractivity contribution in [1.29, 1.82) is 0 Å². The van der Waals surface area contributed by atoms with E-state index in [1.54, 1.807) is 11.3 Å². The van der Waals surface area contributed by atoms with Gasteiger partial charge in [0.1, 0.15) is 0 Å². The summed E-state index contributed by atoms with van der Waals surface area (Å²) in [6.07, 6.45) is 3.02. The third-order valence-corrected chi connectivity index (χ3v) is 5.60. The van der Waals surface area contributed by atoms with Gasteiger partial charge in [-0.05, 0) is 46.8 Å². The van der Waals surface area contributed by atoms with Gasteiger partial charge >= 0.3 is 0 Å². The number of hydrogen-bond donors (Lipinski definition) is 1. The molecule has 2 heterocycles.